The Morgan fingerprint density at radius 2 is 2.00 bits per heavy atom. The summed E-state index contributed by atoms with van der Waals surface area (Å²) in [5.74, 6) is 1.47. The van der Waals surface area contributed by atoms with Crippen LogP contribution in [0.15, 0.2) is 45.6 Å². The zero-order valence-corrected chi connectivity index (χ0v) is 12.0. The van der Waals surface area contributed by atoms with Crippen LogP contribution in [0, 0.1) is 0 Å². The Morgan fingerprint density at radius 3 is 2.71 bits per heavy atom. The van der Waals surface area contributed by atoms with Crippen molar-refractivity contribution < 1.29 is 4.74 Å². The van der Waals surface area contributed by atoms with Crippen molar-refractivity contribution >= 4 is 31.9 Å². The van der Waals surface area contributed by atoms with Gasteiger partial charge in [-0.1, -0.05) is 15.9 Å². The van der Waals surface area contributed by atoms with Gasteiger partial charge in [0.15, 0.2) is 0 Å². The quantitative estimate of drug-likeness (QED) is 0.907. The molecule has 0 radical (unpaired) electrons. The van der Waals surface area contributed by atoms with Gasteiger partial charge in [-0.05, 0) is 34.1 Å². The van der Waals surface area contributed by atoms with Gasteiger partial charge in [0, 0.05) is 35.0 Å². The fraction of sp³-hybridized carbons (Fsp3) is 0.0833. The molecular formula is C12H10Br2N2O. The average Bonchev–Trinajstić information content (AvgIpc) is 2.34. The lowest BCUT2D eigenvalue weighted by Crippen LogP contribution is -1.99. The largest absolute Gasteiger partial charge is 0.456 e. The predicted molar refractivity (Wildman–Crippen MR) is 74.0 cm³/mol. The minimum absolute atomic E-state index is 0.428. The Kier molecular flexibility index (Phi) is 4.15. The van der Waals surface area contributed by atoms with Gasteiger partial charge in [0.05, 0.1) is 4.47 Å². The van der Waals surface area contributed by atoms with Gasteiger partial charge in [-0.3, -0.25) is 4.98 Å². The van der Waals surface area contributed by atoms with Gasteiger partial charge >= 0.3 is 0 Å². The Morgan fingerprint density at radius 1 is 1.18 bits per heavy atom. The van der Waals surface area contributed by atoms with Gasteiger partial charge in [0.25, 0.3) is 0 Å². The smallest absolute Gasteiger partial charge is 0.144 e. The van der Waals surface area contributed by atoms with E-state index in [9.17, 15) is 0 Å². The van der Waals surface area contributed by atoms with Crippen molar-refractivity contribution in [2.45, 2.75) is 6.54 Å². The van der Waals surface area contributed by atoms with E-state index in [0.717, 1.165) is 26.0 Å². The highest BCUT2D eigenvalue weighted by Crippen LogP contribution is 2.31. The molecule has 0 bridgehead atoms. The average molecular weight is 358 g/mol. The van der Waals surface area contributed by atoms with E-state index < -0.39 is 0 Å². The second kappa shape index (κ2) is 5.62. The zero-order valence-electron chi connectivity index (χ0n) is 8.86. The second-order valence-corrected chi connectivity index (χ2v) is 5.13. The van der Waals surface area contributed by atoms with Crippen LogP contribution in [0.2, 0.25) is 0 Å². The van der Waals surface area contributed by atoms with Crippen LogP contribution < -0.4 is 10.5 Å². The molecule has 0 aliphatic rings. The number of hydrogen-bond donors (Lipinski definition) is 1. The van der Waals surface area contributed by atoms with Crippen LogP contribution in [0.25, 0.3) is 0 Å². The number of nitrogens with zero attached hydrogens (tertiary/aromatic N) is 1. The number of nitrogens with two attached hydrogens (primary N) is 1. The first-order valence-corrected chi connectivity index (χ1v) is 6.55. The molecule has 88 valence electrons. The molecule has 1 aromatic carbocycles. The molecule has 0 amide bonds. The normalized spacial score (nSPS) is 10.3. The molecule has 0 spiro atoms. The molecule has 2 rings (SSSR count). The number of hydrogen-bond acceptors (Lipinski definition) is 3. The van der Waals surface area contributed by atoms with Crippen LogP contribution >= 0.6 is 31.9 Å². The Hall–Kier alpha value is -0.910. The number of rotatable bonds is 3. The molecule has 1 aromatic heterocycles. The Balaban J connectivity index is 2.33. The van der Waals surface area contributed by atoms with Crippen LogP contribution in [0.1, 0.15) is 5.56 Å². The highest BCUT2D eigenvalue weighted by Gasteiger charge is 2.06. The Labute approximate surface area is 116 Å². The second-order valence-electron chi connectivity index (χ2n) is 3.36. The van der Waals surface area contributed by atoms with E-state index in [4.69, 9.17) is 10.5 Å². The number of ether oxygens (including phenoxy) is 1. The molecule has 2 N–H and O–H groups in total. The molecule has 0 saturated carbocycles. The van der Waals surface area contributed by atoms with Crippen molar-refractivity contribution in [2.75, 3.05) is 0 Å². The van der Waals surface area contributed by atoms with Crippen LogP contribution in [0.4, 0.5) is 0 Å². The van der Waals surface area contributed by atoms with Crippen molar-refractivity contribution in [1.29, 1.82) is 0 Å². The molecule has 5 heteroatoms. The minimum atomic E-state index is 0.428. The van der Waals surface area contributed by atoms with E-state index in [1.54, 1.807) is 18.5 Å². The molecule has 0 atom stereocenters. The summed E-state index contributed by atoms with van der Waals surface area (Å²) in [4.78, 5) is 3.98. The van der Waals surface area contributed by atoms with Crippen molar-refractivity contribution in [3.8, 4) is 11.5 Å². The van der Waals surface area contributed by atoms with Gasteiger partial charge < -0.3 is 10.5 Å². The summed E-state index contributed by atoms with van der Waals surface area (Å²) in [5, 5.41) is 0. The molecule has 3 nitrogen and oxygen atoms in total. The van der Waals surface area contributed by atoms with E-state index in [1.165, 1.54) is 0 Å². The summed E-state index contributed by atoms with van der Waals surface area (Å²) < 4.78 is 7.59. The highest BCUT2D eigenvalue weighted by molar-refractivity contribution is 9.10. The van der Waals surface area contributed by atoms with Crippen molar-refractivity contribution in [3.05, 3.63) is 51.2 Å². The first kappa shape index (κ1) is 12.5. The predicted octanol–water partition coefficient (Wildman–Crippen LogP) is 3.86. The molecule has 0 aliphatic carbocycles. The summed E-state index contributed by atoms with van der Waals surface area (Å²) in [5.41, 5.74) is 6.63. The molecular weight excluding hydrogens is 348 g/mol. The first-order valence-electron chi connectivity index (χ1n) is 4.96. The Bertz CT molecular complexity index is 532. The van der Waals surface area contributed by atoms with Crippen LogP contribution in [0.3, 0.4) is 0 Å². The third kappa shape index (κ3) is 3.06. The lowest BCUT2D eigenvalue weighted by molar-refractivity contribution is 0.472. The highest BCUT2D eigenvalue weighted by atomic mass is 79.9. The van der Waals surface area contributed by atoms with Gasteiger partial charge in [-0.25, -0.2) is 0 Å². The summed E-state index contributed by atoms with van der Waals surface area (Å²) in [7, 11) is 0. The summed E-state index contributed by atoms with van der Waals surface area (Å²) in [6, 6.07) is 7.56. The van der Waals surface area contributed by atoms with Gasteiger partial charge in [0.1, 0.15) is 11.5 Å². The number of aromatic nitrogens is 1. The lowest BCUT2D eigenvalue weighted by atomic mass is 10.2. The van der Waals surface area contributed by atoms with E-state index in [0.29, 0.717) is 6.54 Å². The van der Waals surface area contributed by atoms with Crippen LogP contribution in [0.5, 0.6) is 11.5 Å². The maximum absolute atomic E-state index is 5.80. The van der Waals surface area contributed by atoms with Crippen LogP contribution in [-0.4, -0.2) is 4.98 Å². The summed E-state index contributed by atoms with van der Waals surface area (Å²) in [6.45, 7) is 0.428. The SMILES string of the molecule is NCc1cc(Br)ccc1Oc1ccncc1Br. The molecule has 1 heterocycles. The maximum Gasteiger partial charge on any atom is 0.144 e. The zero-order chi connectivity index (χ0) is 12.3. The monoisotopic (exact) mass is 356 g/mol. The molecule has 0 unspecified atom stereocenters. The summed E-state index contributed by atoms with van der Waals surface area (Å²) in [6.07, 6.45) is 3.37. The standard InChI is InChI=1S/C12H10Br2N2O/c13-9-1-2-11(8(5-9)6-15)17-12-3-4-16-7-10(12)14/h1-5,7H,6,15H2. The molecule has 0 aliphatic heterocycles. The summed E-state index contributed by atoms with van der Waals surface area (Å²) >= 11 is 6.79. The van der Waals surface area contributed by atoms with Crippen LogP contribution in [-0.2, 0) is 6.54 Å². The van der Waals surface area contributed by atoms with Gasteiger partial charge in [-0.2, -0.15) is 0 Å². The third-order valence-electron chi connectivity index (χ3n) is 2.20. The first-order chi connectivity index (χ1) is 8.20. The topological polar surface area (TPSA) is 48.1 Å². The van der Waals surface area contributed by atoms with E-state index in [-0.39, 0.29) is 0 Å². The van der Waals surface area contributed by atoms with Crippen molar-refractivity contribution in [2.24, 2.45) is 5.73 Å². The fourth-order valence-electron chi connectivity index (χ4n) is 1.37. The number of pyridine rings is 1. The van der Waals surface area contributed by atoms with Crippen molar-refractivity contribution in [3.63, 3.8) is 0 Å². The van der Waals surface area contributed by atoms with E-state index >= 15 is 0 Å². The van der Waals surface area contributed by atoms with Gasteiger partial charge in [0.2, 0.25) is 0 Å². The number of benzene rings is 1. The van der Waals surface area contributed by atoms with E-state index in [1.807, 2.05) is 18.2 Å². The maximum atomic E-state index is 5.80. The van der Waals surface area contributed by atoms with Gasteiger partial charge in [-0.15, -0.1) is 0 Å². The fourth-order valence-corrected chi connectivity index (χ4v) is 2.11. The molecule has 2 aromatic rings. The van der Waals surface area contributed by atoms with E-state index in [2.05, 4.69) is 36.8 Å². The molecule has 17 heavy (non-hydrogen) atoms. The number of halogens is 2. The van der Waals surface area contributed by atoms with Crippen molar-refractivity contribution in [1.82, 2.24) is 4.98 Å². The minimum Gasteiger partial charge on any atom is -0.456 e. The lowest BCUT2D eigenvalue weighted by Gasteiger charge is -2.11. The molecule has 0 fully saturated rings. The third-order valence-corrected chi connectivity index (χ3v) is 3.29. The molecule has 0 saturated heterocycles.